The molecule has 3 rings (SSSR count). The minimum Gasteiger partial charge on any atom is -0.406 e. The highest BCUT2D eigenvalue weighted by Crippen LogP contribution is 2.35. The Morgan fingerprint density at radius 3 is 2.68 bits per heavy atom. The highest BCUT2D eigenvalue weighted by atomic mass is 35.5. The SMILES string of the molecule is O=C(NCC1CCC1)Oc1cnc(Nc2ccc(F)c(Cl)c2)nc1C(F)(F)F. The van der Waals surface area contributed by atoms with Crippen molar-refractivity contribution in [1.29, 1.82) is 0 Å². The van der Waals surface area contributed by atoms with E-state index in [1.165, 1.54) is 12.1 Å². The van der Waals surface area contributed by atoms with E-state index in [-0.39, 0.29) is 10.7 Å². The van der Waals surface area contributed by atoms with Crippen molar-refractivity contribution in [2.24, 2.45) is 5.92 Å². The Kier molecular flexibility index (Phi) is 5.87. The van der Waals surface area contributed by atoms with Gasteiger partial charge in [-0.25, -0.2) is 19.2 Å². The van der Waals surface area contributed by atoms with E-state index < -0.39 is 35.5 Å². The number of hydrogen-bond donors (Lipinski definition) is 2. The summed E-state index contributed by atoms with van der Waals surface area (Å²) >= 11 is 5.63. The topological polar surface area (TPSA) is 76.1 Å². The van der Waals surface area contributed by atoms with Crippen molar-refractivity contribution in [3.63, 3.8) is 0 Å². The number of ether oxygens (including phenoxy) is 1. The van der Waals surface area contributed by atoms with Crippen molar-refractivity contribution in [3.8, 4) is 5.75 Å². The van der Waals surface area contributed by atoms with Gasteiger partial charge in [-0.2, -0.15) is 13.2 Å². The zero-order valence-corrected chi connectivity index (χ0v) is 15.1. The van der Waals surface area contributed by atoms with E-state index in [2.05, 4.69) is 20.6 Å². The number of halogens is 5. The summed E-state index contributed by atoms with van der Waals surface area (Å²) in [5.74, 6) is -1.60. The Morgan fingerprint density at radius 2 is 2.07 bits per heavy atom. The van der Waals surface area contributed by atoms with Gasteiger partial charge in [-0.3, -0.25) is 0 Å². The fourth-order valence-corrected chi connectivity index (χ4v) is 2.65. The zero-order valence-electron chi connectivity index (χ0n) is 14.3. The molecule has 28 heavy (non-hydrogen) atoms. The number of carbonyl (C=O) groups excluding carboxylic acids is 1. The summed E-state index contributed by atoms with van der Waals surface area (Å²) in [5, 5.41) is 4.70. The largest absolute Gasteiger partial charge is 0.437 e. The fourth-order valence-electron chi connectivity index (χ4n) is 2.47. The number of nitrogens with zero attached hydrogens (tertiary/aromatic N) is 2. The van der Waals surface area contributed by atoms with E-state index in [0.29, 0.717) is 12.5 Å². The Bertz CT molecular complexity index is 875. The third-order valence-electron chi connectivity index (χ3n) is 4.16. The lowest BCUT2D eigenvalue weighted by atomic mass is 9.85. The number of aromatic nitrogens is 2. The molecule has 0 bridgehead atoms. The van der Waals surface area contributed by atoms with Gasteiger partial charge in [0.2, 0.25) is 5.95 Å². The predicted octanol–water partition coefficient (Wildman–Crippen LogP) is 4.92. The molecule has 1 saturated carbocycles. The second-order valence-corrected chi connectivity index (χ2v) is 6.63. The molecular weight excluding hydrogens is 404 g/mol. The standard InChI is InChI=1S/C17H15ClF4N4O2/c18-11-6-10(4-5-12(11)19)25-15-23-8-13(14(26-15)17(20,21)22)28-16(27)24-7-9-2-1-3-9/h4-6,8-9H,1-3,7H2,(H,24,27)(H,23,25,26). The first kappa shape index (κ1) is 20.1. The van der Waals surface area contributed by atoms with E-state index in [9.17, 15) is 22.4 Å². The molecule has 1 aromatic heterocycles. The van der Waals surface area contributed by atoms with E-state index >= 15 is 0 Å². The Balaban J connectivity index is 1.75. The highest BCUT2D eigenvalue weighted by molar-refractivity contribution is 6.31. The normalized spacial score (nSPS) is 14.3. The molecule has 6 nitrogen and oxygen atoms in total. The van der Waals surface area contributed by atoms with Gasteiger partial charge >= 0.3 is 12.3 Å². The smallest absolute Gasteiger partial charge is 0.406 e. The van der Waals surface area contributed by atoms with E-state index in [0.717, 1.165) is 31.5 Å². The molecule has 0 unspecified atom stereocenters. The monoisotopic (exact) mass is 418 g/mol. The van der Waals surface area contributed by atoms with Crippen LogP contribution in [0.2, 0.25) is 5.02 Å². The maximum Gasteiger partial charge on any atom is 0.437 e. The van der Waals surface area contributed by atoms with Crippen LogP contribution in [0.4, 0.5) is 34.0 Å². The first-order chi connectivity index (χ1) is 13.2. The quantitative estimate of drug-likeness (QED) is 0.674. The maximum atomic E-state index is 13.3. The molecule has 1 aromatic carbocycles. The first-order valence-corrected chi connectivity index (χ1v) is 8.72. The third kappa shape index (κ3) is 5.00. The van der Waals surface area contributed by atoms with Crippen molar-refractivity contribution in [3.05, 3.63) is 40.9 Å². The number of rotatable bonds is 5. The van der Waals surface area contributed by atoms with Crippen molar-refractivity contribution >= 4 is 29.3 Å². The van der Waals surface area contributed by atoms with E-state index in [4.69, 9.17) is 16.3 Å². The predicted molar refractivity (Wildman–Crippen MR) is 93.1 cm³/mol. The summed E-state index contributed by atoms with van der Waals surface area (Å²) in [4.78, 5) is 18.8. The Morgan fingerprint density at radius 1 is 1.32 bits per heavy atom. The molecule has 1 fully saturated rings. The van der Waals surface area contributed by atoms with Gasteiger partial charge in [0.25, 0.3) is 0 Å². The Labute approximate surface area is 162 Å². The van der Waals surface area contributed by atoms with Crippen LogP contribution in [0, 0.1) is 11.7 Å². The van der Waals surface area contributed by atoms with Crippen LogP contribution in [0.25, 0.3) is 0 Å². The van der Waals surface area contributed by atoms with Crippen LogP contribution >= 0.6 is 11.6 Å². The van der Waals surface area contributed by atoms with Crippen molar-refractivity contribution < 1.29 is 27.1 Å². The van der Waals surface area contributed by atoms with Crippen LogP contribution in [-0.4, -0.2) is 22.6 Å². The van der Waals surface area contributed by atoms with Crippen LogP contribution in [-0.2, 0) is 6.18 Å². The lowest BCUT2D eigenvalue weighted by Crippen LogP contribution is -2.34. The highest BCUT2D eigenvalue weighted by Gasteiger charge is 2.38. The number of alkyl halides is 3. The molecular formula is C17H15ClF4N4O2. The second-order valence-electron chi connectivity index (χ2n) is 6.23. The summed E-state index contributed by atoms with van der Waals surface area (Å²) in [6.07, 6.45) is -2.15. The molecule has 0 aliphatic heterocycles. The van der Waals surface area contributed by atoms with Gasteiger partial charge in [-0.1, -0.05) is 18.0 Å². The molecule has 0 saturated heterocycles. The summed E-state index contributed by atoms with van der Waals surface area (Å²) in [6, 6.07) is 3.47. The van der Waals surface area contributed by atoms with Crippen molar-refractivity contribution in [2.75, 3.05) is 11.9 Å². The third-order valence-corrected chi connectivity index (χ3v) is 4.45. The molecule has 0 atom stereocenters. The lowest BCUT2D eigenvalue weighted by Gasteiger charge is -2.25. The van der Waals surface area contributed by atoms with Crippen LogP contribution in [0.15, 0.2) is 24.4 Å². The van der Waals surface area contributed by atoms with E-state index in [1.54, 1.807) is 0 Å². The van der Waals surface area contributed by atoms with Gasteiger partial charge < -0.3 is 15.4 Å². The minimum atomic E-state index is -4.89. The summed E-state index contributed by atoms with van der Waals surface area (Å²) < 4.78 is 57.9. The zero-order chi connectivity index (χ0) is 20.3. The van der Waals surface area contributed by atoms with Gasteiger partial charge in [0.1, 0.15) is 5.82 Å². The molecule has 2 N–H and O–H groups in total. The van der Waals surface area contributed by atoms with Crippen molar-refractivity contribution in [1.82, 2.24) is 15.3 Å². The average Bonchev–Trinajstić information content (AvgIpc) is 2.57. The molecule has 1 aliphatic rings. The van der Waals surface area contributed by atoms with Gasteiger partial charge in [-0.15, -0.1) is 0 Å². The number of benzene rings is 1. The van der Waals surface area contributed by atoms with Crippen LogP contribution in [0.3, 0.4) is 0 Å². The van der Waals surface area contributed by atoms with Crippen molar-refractivity contribution in [2.45, 2.75) is 25.4 Å². The summed E-state index contributed by atoms with van der Waals surface area (Å²) in [6.45, 7) is 0.339. The molecule has 2 aromatic rings. The number of hydrogen-bond acceptors (Lipinski definition) is 5. The van der Waals surface area contributed by atoms with E-state index in [1.807, 2.05) is 0 Å². The number of carbonyl (C=O) groups is 1. The van der Waals surface area contributed by atoms with Crippen LogP contribution in [0.5, 0.6) is 5.75 Å². The molecule has 1 aliphatic carbocycles. The lowest BCUT2D eigenvalue weighted by molar-refractivity contribution is -0.142. The fraction of sp³-hybridized carbons (Fsp3) is 0.353. The Hall–Kier alpha value is -2.62. The number of amides is 1. The van der Waals surface area contributed by atoms with Gasteiger partial charge in [-0.05, 0) is 37.0 Å². The summed E-state index contributed by atoms with van der Waals surface area (Å²) in [7, 11) is 0. The maximum absolute atomic E-state index is 13.3. The van der Waals surface area contributed by atoms with Gasteiger partial charge in [0, 0.05) is 12.2 Å². The molecule has 150 valence electrons. The second kappa shape index (κ2) is 8.17. The molecule has 0 radical (unpaired) electrons. The van der Waals surface area contributed by atoms with Crippen LogP contribution in [0.1, 0.15) is 25.0 Å². The molecule has 1 amide bonds. The molecule has 1 heterocycles. The van der Waals surface area contributed by atoms with Gasteiger partial charge in [0.15, 0.2) is 11.4 Å². The first-order valence-electron chi connectivity index (χ1n) is 8.34. The molecule has 11 heteroatoms. The molecule has 0 spiro atoms. The average molecular weight is 419 g/mol. The minimum absolute atomic E-state index is 0.187. The summed E-state index contributed by atoms with van der Waals surface area (Å²) in [5.41, 5.74) is -1.23. The van der Waals surface area contributed by atoms with Crippen LogP contribution < -0.4 is 15.4 Å². The number of nitrogens with one attached hydrogen (secondary N) is 2. The number of anilines is 2. The van der Waals surface area contributed by atoms with Gasteiger partial charge in [0.05, 0.1) is 11.2 Å².